The maximum Gasteiger partial charge on any atom is 0.337 e. The van der Waals surface area contributed by atoms with Gasteiger partial charge >= 0.3 is 5.97 Å². The monoisotopic (exact) mass is 260 g/mol. The Hall–Kier alpha value is -1.81. The van der Waals surface area contributed by atoms with Crippen LogP contribution in [0.25, 0.3) is 11.0 Å². The Balaban J connectivity index is 2.13. The second-order valence-electron chi connectivity index (χ2n) is 5.14. The van der Waals surface area contributed by atoms with E-state index in [0.29, 0.717) is 16.9 Å². The molecule has 100 valence electrons. The molecule has 3 rings (SSSR count). The van der Waals surface area contributed by atoms with Crippen molar-refractivity contribution in [2.45, 2.75) is 31.8 Å². The van der Waals surface area contributed by atoms with Gasteiger partial charge in [0.05, 0.1) is 12.7 Å². The normalized spacial score (nSPS) is 17.2. The molecule has 0 amide bonds. The highest BCUT2D eigenvalue weighted by Crippen LogP contribution is 2.45. The highest BCUT2D eigenvalue weighted by molar-refractivity contribution is 5.95. The molecular weight excluding hydrogens is 244 g/mol. The number of furan rings is 1. The lowest BCUT2D eigenvalue weighted by atomic mass is 9.77. The molecule has 0 aliphatic heterocycles. The van der Waals surface area contributed by atoms with Crippen LogP contribution in [-0.4, -0.2) is 18.2 Å². The third kappa shape index (κ3) is 1.75. The minimum absolute atomic E-state index is 0.369. The number of ether oxygens (including phenoxy) is 1. The van der Waals surface area contributed by atoms with Crippen LogP contribution in [0.1, 0.15) is 40.9 Å². The SMILES string of the molecule is COC(=O)c1ccc2oc(C3(O)CCC3)c(C)c2c1. The molecule has 4 nitrogen and oxygen atoms in total. The molecule has 0 radical (unpaired) electrons. The lowest BCUT2D eigenvalue weighted by Crippen LogP contribution is -2.33. The summed E-state index contributed by atoms with van der Waals surface area (Å²) < 4.78 is 10.5. The minimum atomic E-state index is -0.825. The number of hydrogen-bond donors (Lipinski definition) is 1. The van der Waals surface area contributed by atoms with Crippen LogP contribution in [0.3, 0.4) is 0 Å². The number of carbonyl (C=O) groups is 1. The average molecular weight is 260 g/mol. The van der Waals surface area contributed by atoms with Crippen molar-refractivity contribution in [1.82, 2.24) is 0 Å². The van der Waals surface area contributed by atoms with Gasteiger partial charge in [-0.05, 0) is 44.4 Å². The van der Waals surface area contributed by atoms with E-state index in [1.165, 1.54) is 7.11 Å². The number of aliphatic hydroxyl groups is 1. The van der Waals surface area contributed by atoms with Crippen LogP contribution in [-0.2, 0) is 10.3 Å². The summed E-state index contributed by atoms with van der Waals surface area (Å²) in [5.74, 6) is 0.266. The molecule has 1 aliphatic carbocycles. The maximum absolute atomic E-state index is 11.5. The highest BCUT2D eigenvalue weighted by Gasteiger charge is 2.41. The van der Waals surface area contributed by atoms with E-state index in [-0.39, 0.29) is 5.97 Å². The molecule has 1 N–H and O–H groups in total. The fraction of sp³-hybridized carbons (Fsp3) is 0.400. The number of hydrogen-bond acceptors (Lipinski definition) is 4. The van der Waals surface area contributed by atoms with Crippen LogP contribution in [0.4, 0.5) is 0 Å². The first-order valence-corrected chi connectivity index (χ1v) is 6.39. The summed E-state index contributed by atoms with van der Waals surface area (Å²) >= 11 is 0. The average Bonchev–Trinajstić information content (AvgIpc) is 2.72. The topological polar surface area (TPSA) is 59.7 Å². The summed E-state index contributed by atoms with van der Waals surface area (Å²) in [7, 11) is 1.36. The van der Waals surface area contributed by atoms with E-state index in [2.05, 4.69) is 0 Å². The lowest BCUT2D eigenvalue weighted by Gasteiger charge is -2.35. The van der Waals surface area contributed by atoms with Crippen molar-refractivity contribution in [3.8, 4) is 0 Å². The number of fused-ring (bicyclic) bond motifs is 1. The van der Waals surface area contributed by atoms with Crippen molar-refractivity contribution >= 4 is 16.9 Å². The van der Waals surface area contributed by atoms with Gasteiger partial charge in [0.1, 0.15) is 16.9 Å². The van der Waals surface area contributed by atoms with Crippen LogP contribution in [0, 0.1) is 6.92 Å². The van der Waals surface area contributed by atoms with E-state index in [9.17, 15) is 9.90 Å². The number of carbonyl (C=O) groups excluding carboxylic acids is 1. The third-order valence-corrected chi connectivity index (χ3v) is 3.96. The quantitative estimate of drug-likeness (QED) is 0.843. The molecule has 0 unspecified atom stereocenters. The van der Waals surface area contributed by atoms with Crippen molar-refractivity contribution in [2.24, 2.45) is 0 Å². The van der Waals surface area contributed by atoms with E-state index in [4.69, 9.17) is 9.15 Å². The van der Waals surface area contributed by atoms with E-state index in [1.807, 2.05) is 6.92 Å². The second kappa shape index (κ2) is 4.10. The van der Waals surface area contributed by atoms with Crippen LogP contribution < -0.4 is 0 Å². The molecule has 19 heavy (non-hydrogen) atoms. The largest absolute Gasteiger partial charge is 0.465 e. The number of methoxy groups -OCH3 is 1. The van der Waals surface area contributed by atoms with Gasteiger partial charge in [-0.3, -0.25) is 0 Å². The van der Waals surface area contributed by atoms with Gasteiger partial charge in [-0.25, -0.2) is 4.79 Å². The fourth-order valence-corrected chi connectivity index (χ4v) is 2.65. The van der Waals surface area contributed by atoms with Crippen molar-refractivity contribution in [3.63, 3.8) is 0 Å². The Kier molecular flexibility index (Phi) is 2.64. The predicted molar refractivity (Wildman–Crippen MR) is 70.0 cm³/mol. The molecule has 1 aliphatic rings. The van der Waals surface area contributed by atoms with Gasteiger partial charge in [0.2, 0.25) is 0 Å². The zero-order valence-electron chi connectivity index (χ0n) is 11.0. The second-order valence-corrected chi connectivity index (χ2v) is 5.14. The molecule has 1 aromatic carbocycles. The van der Waals surface area contributed by atoms with E-state index in [0.717, 1.165) is 30.2 Å². The van der Waals surface area contributed by atoms with E-state index < -0.39 is 5.60 Å². The zero-order valence-corrected chi connectivity index (χ0v) is 11.0. The van der Waals surface area contributed by atoms with Crippen molar-refractivity contribution in [2.75, 3.05) is 7.11 Å². The Morgan fingerprint density at radius 2 is 2.16 bits per heavy atom. The van der Waals surface area contributed by atoms with Gasteiger partial charge in [-0.1, -0.05) is 0 Å². The lowest BCUT2D eigenvalue weighted by molar-refractivity contribution is -0.0561. The molecule has 0 bridgehead atoms. The smallest absolute Gasteiger partial charge is 0.337 e. The molecular formula is C15H16O4. The van der Waals surface area contributed by atoms with Gasteiger partial charge < -0.3 is 14.3 Å². The Bertz CT molecular complexity index is 649. The Morgan fingerprint density at radius 1 is 1.42 bits per heavy atom. The van der Waals surface area contributed by atoms with Gasteiger partial charge in [-0.2, -0.15) is 0 Å². The molecule has 2 aromatic rings. The molecule has 0 spiro atoms. The van der Waals surface area contributed by atoms with Crippen LogP contribution >= 0.6 is 0 Å². The van der Waals surface area contributed by atoms with Gasteiger partial charge in [0.25, 0.3) is 0 Å². The summed E-state index contributed by atoms with van der Waals surface area (Å²) in [5.41, 5.74) is 1.27. The van der Waals surface area contributed by atoms with Crippen LogP contribution in [0.15, 0.2) is 22.6 Å². The standard InChI is InChI=1S/C15H16O4/c1-9-11-8-10(14(16)18-2)4-5-12(11)19-13(9)15(17)6-3-7-15/h4-5,8,17H,3,6-7H2,1-2H3. The van der Waals surface area contributed by atoms with Gasteiger partial charge in [-0.15, -0.1) is 0 Å². The fourth-order valence-electron chi connectivity index (χ4n) is 2.65. The third-order valence-electron chi connectivity index (χ3n) is 3.96. The first-order chi connectivity index (χ1) is 9.05. The van der Waals surface area contributed by atoms with E-state index >= 15 is 0 Å². The summed E-state index contributed by atoms with van der Waals surface area (Å²) in [4.78, 5) is 11.5. The van der Waals surface area contributed by atoms with Crippen molar-refractivity contribution in [1.29, 1.82) is 0 Å². The van der Waals surface area contributed by atoms with Gasteiger partial charge in [0.15, 0.2) is 0 Å². The Labute approximate surface area is 111 Å². The summed E-state index contributed by atoms with van der Waals surface area (Å²) in [6.07, 6.45) is 2.48. The molecule has 1 heterocycles. The highest BCUT2D eigenvalue weighted by atomic mass is 16.5. The summed E-state index contributed by atoms with van der Waals surface area (Å²) in [5, 5.41) is 11.3. The Morgan fingerprint density at radius 3 is 2.74 bits per heavy atom. The number of esters is 1. The molecule has 4 heteroatoms. The van der Waals surface area contributed by atoms with Crippen LogP contribution in [0.2, 0.25) is 0 Å². The number of benzene rings is 1. The van der Waals surface area contributed by atoms with E-state index in [1.54, 1.807) is 18.2 Å². The molecule has 0 atom stereocenters. The first-order valence-electron chi connectivity index (χ1n) is 6.39. The van der Waals surface area contributed by atoms with Crippen LogP contribution in [0.5, 0.6) is 0 Å². The predicted octanol–water partition coefficient (Wildman–Crippen LogP) is 2.90. The minimum Gasteiger partial charge on any atom is -0.465 e. The molecule has 1 saturated carbocycles. The van der Waals surface area contributed by atoms with Gasteiger partial charge in [0, 0.05) is 10.9 Å². The number of rotatable bonds is 2. The van der Waals surface area contributed by atoms with Crippen molar-refractivity contribution in [3.05, 3.63) is 35.1 Å². The molecule has 0 saturated heterocycles. The number of aryl methyl sites for hydroxylation is 1. The molecule has 1 fully saturated rings. The van der Waals surface area contributed by atoms with Crippen molar-refractivity contribution < 1.29 is 19.1 Å². The molecule has 1 aromatic heterocycles. The zero-order chi connectivity index (χ0) is 13.6. The summed E-state index contributed by atoms with van der Waals surface area (Å²) in [6, 6.07) is 5.18. The maximum atomic E-state index is 11.5. The summed E-state index contributed by atoms with van der Waals surface area (Å²) in [6.45, 7) is 1.92. The first kappa shape index (κ1) is 12.2.